The lowest BCUT2D eigenvalue weighted by molar-refractivity contribution is -0.116. The lowest BCUT2D eigenvalue weighted by Crippen LogP contribution is -2.30. The third kappa shape index (κ3) is 5.20. The Labute approximate surface area is 77.1 Å². The van der Waals surface area contributed by atoms with Crippen LogP contribution >= 0.6 is 45.0 Å². The minimum atomic E-state index is 0.127. The van der Waals surface area contributed by atoms with Gasteiger partial charge in [-0.2, -0.15) is 22.4 Å². The molecule has 0 rings (SSSR count). The van der Waals surface area contributed by atoms with E-state index in [-0.39, 0.29) is 5.91 Å². The predicted molar refractivity (Wildman–Crippen MR) is 55.3 cm³/mol. The van der Waals surface area contributed by atoms with E-state index in [1.807, 2.05) is 22.6 Å². The van der Waals surface area contributed by atoms with Gasteiger partial charge in [-0.3, -0.25) is 4.79 Å². The Morgan fingerprint density at radius 2 is 2.38 bits per heavy atom. The van der Waals surface area contributed by atoms with Gasteiger partial charge in [-0.1, -0.05) is 22.6 Å². The summed E-state index contributed by atoms with van der Waals surface area (Å²) < 4.78 is 0.564. The SMILES string of the molecule is O=C(CI)NBBI. The van der Waals surface area contributed by atoms with Crippen LogP contribution in [0.1, 0.15) is 0 Å². The zero-order valence-electron chi connectivity index (χ0n) is 4.29. The van der Waals surface area contributed by atoms with E-state index in [1.165, 1.54) is 0 Å². The third-order valence-electron chi connectivity index (χ3n) is 0.538. The quantitative estimate of drug-likeness (QED) is 0.424. The molecule has 2 nitrogen and oxygen atoms in total. The van der Waals surface area contributed by atoms with Crippen molar-refractivity contribution in [1.82, 2.24) is 5.23 Å². The summed E-state index contributed by atoms with van der Waals surface area (Å²) in [6.07, 6.45) is 0. The molecule has 1 N–H and O–H groups in total. The number of carbonyl (C=O) groups excluding carboxylic acids is 1. The maximum atomic E-state index is 10.4. The first kappa shape index (κ1) is 9.06. The monoisotopic (exact) mass is 335 g/mol. The predicted octanol–water partition coefficient (Wildman–Crippen LogP) is -0.409. The van der Waals surface area contributed by atoms with Gasteiger partial charge in [0.25, 0.3) is 0 Å². The minimum absolute atomic E-state index is 0.127. The Bertz CT molecular complexity index is 80.4. The normalized spacial score (nSPS) is 7.75. The molecule has 0 radical (unpaired) electrons. The molecule has 6 heteroatoms. The molecular weight excluding hydrogens is 329 g/mol. The Morgan fingerprint density at radius 1 is 1.75 bits per heavy atom. The highest BCUT2D eigenvalue weighted by Gasteiger charge is 1.95. The molecule has 0 fully saturated rings. The number of nitrogens with one attached hydrogen (secondary N) is 1. The van der Waals surface area contributed by atoms with Crippen LogP contribution in [0.25, 0.3) is 0 Å². The van der Waals surface area contributed by atoms with Crippen LogP contribution < -0.4 is 5.23 Å². The topological polar surface area (TPSA) is 29.1 Å². The Kier molecular flexibility index (Phi) is 7.00. The second-order valence-electron chi connectivity index (χ2n) is 1.17. The first-order chi connectivity index (χ1) is 3.81. The zero-order chi connectivity index (χ0) is 6.41. The van der Waals surface area contributed by atoms with Crippen molar-refractivity contribution in [2.24, 2.45) is 0 Å². The number of rotatable bonds is 3. The maximum Gasteiger partial charge on any atom is 0.217 e. The molecule has 0 aromatic heterocycles. The Balaban J connectivity index is 2.99. The molecule has 1 amide bonds. The fourth-order valence-electron chi connectivity index (χ4n) is 0.234. The molecule has 44 valence electrons. The first-order valence-corrected chi connectivity index (χ1v) is 5.25. The summed E-state index contributed by atoms with van der Waals surface area (Å²) in [5, 5.41) is 3.71. The molecule has 0 saturated carbocycles. The van der Waals surface area contributed by atoms with Gasteiger partial charge >= 0.3 is 0 Å². The molecular formula is C2H5B2I2NO. The lowest BCUT2D eigenvalue weighted by Gasteiger charge is -1.93. The highest BCUT2D eigenvalue weighted by Crippen LogP contribution is 1.78. The molecule has 0 atom stereocenters. The van der Waals surface area contributed by atoms with Crippen molar-refractivity contribution >= 4 is 63.2 Å². The van der Waals surface area contributed by atoms with Crippen LogP contribution in [0.5, 0.6) is 0 Å². The Morgan fingerprint density at radius 3 is 2.75 bits per heavy atom. The Hall–Kier alpha value is 1.06. The molecule has 0 spiro atoms. The first-order valence-electron chi connectivity index (χ1n) is 2.20. The molecule has 0 aromatic rings. The van der Waals surface area contributed by atoms with E-state index in [4.69, 9.17) is 0 Å². The number of halogens is 2. The van der Waals surface area contributed by atoms with Gasteiger partial charge in [0, 0.05) is 0 Å². The number of carbonyl (C=O) groups is 1. The van der Waals surface area contributed by atoms with Gasteiger partial charge in [-0.25, -0.2) is 0 Å². The molecule has 8 heavy (non-hydrogen) atoms. The summed E-state index contributed by atoms with van der Waals surface area (Å²) in [6, 6.07) is 0. The fraction of sp³-hybridized carbons (Fsp3) is 0.500. The average molecular weight is 335 g/mol. The van der Waals surface area contributed by atoms with Crippen molar-refractivity contribution < 1.29 is 4.79 Å². The van der Waals surface area contributed by atoms with Crippen molar-refractivity contribution in [3.8, 4) is 0 Å². The van der Waals surface area contributed by atoms with Crippen LogP contribution in [0.15, 0.2) is 0 Å². The van der Waals surface area contributed by atoms with E-state index in [2.05, 4.69) is 27.6 Å². The van der Waals surface area contributed by atoms with Gasteiger partial charge in [-0.05, 0) is 0 Å². The molecule has 0 aliphatic heterocycles. The second-order valence-corrected chi connectivity index (χ2v) is 3.01. The largest absolute Gasteiger partial charge is 0.408 e. The molecule has 0 heterocycles. The standard InChI is InChI=1S/C2H5B2I2NO/c5-1-2(8)7-4-3-6/h3-4H,1H2,(H,7,8). The second kappa shape index (κ2) is 6.18. The van der Waals surface area contributed by atoms with E-state index in [1.54, 1.807) is 0 Å². The molecule has 0 aliphatic carbocycles. The molecule has 0 aliphatic rings. The summed E-state index contributed by atoms with van der Waals surface area (Å²) in [5.41, 5.74) is 0. The van der Waals surface area contributed by atoms with Crippen molar-refractivity contribution in [2.45, 2.75) is 0 Å². The minimum Gasteiger partial charge on any atom is -0.408 e. The lowest BCUT2D eigenvalue weighted by atomic mass is 9.67. The van der Waals surface area contributed by atoms with Crippen LogP contribution in [0, 0.1) is 0 Å². The smallest absolute Gasteiger partial charge is 0.217 e. The molecule has 0 bridgehead atoms. The fourth-order valence-corrected chi connectivity index (χ4v) is 0.773. The number of hydrogen-bond donors (Lipinski definition) is 1. The van der Waals surface area contributed by atoms with Crippen molar-refractivity contribution in [3.05, 3.63) is 0 Å². The van der Waals surface area contributed by atoms with Crippen molar-refractivity contribution in [1.29, 1.82) is 0 Å². The van der Waals surface area contributed by atoms with Gasteiger partial charge in [-0.15, -0.1) is 0 Å². The summed E-state index contributed by atoms with van der Waals surface area (Å²) in [5.74, 6) is 0.127. The summed E-state index contributed by atoms with van der Waals surface area (Å²) in [6.45, 7) is 0. The van der Waals surface area contributed by atoms with E-state index in [0.717, 1.165) is 12.3 Å². The van der Waals surface area contributed by atoms with E-state index >= 15 is 0 Å². The zero-order valence-corrected chi connectivity index (χ0v) is 8.60. The van der Waals surface area contributed by atoms with Crippen LogP contribution in [0.2, 0.25) is 0 Å². The van der Waals surface area contributed by atoms with Gasteiger partial charge in [0.05, 0.1) is 4.43 Å². The van der Waals surface area contributed by atoms with Crippen LogP contribution in [-0.4, -0.2) is 22.7 Å². The molecule has 0 saturated heterocycles. The van der Waals surface area contributed by atoms with E-state index in [9.17, 15) is 4.79 Å². The van der Waals surface area contributed by atoms with Crippen LogP contribution in [-0.2, 0) is 4.79 Å². The van der Waals surface area contributed by atoms with Gasteiger partial charge in [0.1, 0.15) is 0 Å². The third-order valence-corrected chi connectivity index (χ3v) is 1.77. The number of amides is 1. The summed E-state index contributed by atoms with van der Waals surface area (Å²) in [4.78, 5) is 10.4. The highest BCUT2D eigenvalue weighted by atomic mass is 127. The van der Waals surface area contributed by atoms with Crippen LogP contribution in [0.3, 0.4) is 0 Å². The van der Waals surface area contributed by atoms with Crippen molar-refractivity contribution in [3.63, 3.8) is 0 Å². The van der Waals surface area contributed by atoms with E-state index < -0.39 is 0 Å². The number of hydrogen-bond acceptors (Lipinski definition) is 1. The highest BCUT2D eigenvalue weighted by molar-refractivity contribution is 14.1. The number of alkyl halides is 1. The van der Waals surface area contributed by atoms with E-state index in [0.29, 0.717) is 4.43 Å². The summed E-state index contributed by atoms with van der Waals surface area (Å²) in [7, 11) is 0.794. The van der Waals surface area contributed by atoms with Gasteiger partial charge in [0.2, 0.25) is 13.2 Å². The molecule has 0 unspecified atom stereocenters. The van der Waals surface area contributed by atoms with Gasteiger partial charge < -0.3 is 5.23 Å². The van der Waals surface area contributed by atoms with Gasteiger partial charge in [0.15, 0.2) is 5.03 Å². The van der Waals surface area contributed by atoms with Crippen LogP contribution in [0.4, 0.5) is 0 Å². The van der Waals surface area contributed by atoms with Crippen molar-refractivity contribution in [2.75, 3.05) is 4.43 Å². The summed E-state index contributed by atoms with van der Waals surface area (Å²) >= 11 is 4.26. The average Bonchev–Trinajstić information content (AvgIpc) is 1.83. The maximum absolute atomic E-state index is 10.4. The molecule has 0 aromatic carbocycles.